The SMILES string of the molecule is CCc1nn(C)c(CC(=O)c2csnn2)c1Cl. The van der Waals surface area contributed by atoms with Crippen molar-refractivity contribution in [2.75, 3.05) is 0 Å². The van der Waals surface area contributed by atoms with Gasteiger partial charge in [-0.05, 0) is 18.0 Å². The van der Waals surface area contributed by atoms with Crippen LogP contribution in [0.15, 0.2) is 5.38 Å². The Bertz CT molecular complexity index is 535. The van der Waals surface area contributed by atoms with E-state index in [1.807, 2.05) is 6.92 Å². The van der Waals surface area contributed by atoms with Crippen molar-refractivity contribution >= 4 is 28.9 Å². The number of Topliss-reactive ketones (excluding diaryl/α,β-unsaturated/α-hetero) is 1. The van der Waals surface area contributed by atoms with Crippen molar-refractivity contribution in [1.82, 2.24) is 19.4 Å². The summed E-state index contributed by atoms with van der Waals surface area (Å²) in [4.78, 5) is 11.9. The zero-order chi connectivity index (χ0) is 12.4. The first-order chi connectivity index (χ1) is 8.13. The van der Waals surface area contributed by atoms with Gasteiger partial charge in [0.05, 0.1) is 22.8 Å². The maximum Gasteiger partial charge on any atom is 0.189 e. The zero-order valence-electron chi connectivity index (χ0n) is 9.47. The minimum atomic E-state index is -0.0914. The third-order valence-corrected chi connectivity index (χ3v) is 3.42. The molecule has 2 rings (SSSR count). The van der Waals surface area contributed by atoms with E-state index in [0.29, 0.717) is 10.7 Å². The lowest BCUT2D eigenvalue weighted by molar-refractivity contribution is 0.0986. The minimum absolute atomic E-state index is 0.0914. The number of carbonyl (C=O) groups is 1. The Balaban J connectivity index is 2.25. The van der Waals surface area contributed by atoms with E-state index in [2.05, 4.69) is 14.7 Å². The van der Waals surface area contributed by atoms with Crippen LogP contribution in [-0.4, -0.2) is 25.2 Å². The summed E-state index contributed by atoms with van der Waals surface area (Å²) in [6.45, 7) is 1.98. The quantitative estimate of drug-likeness (QED) is 0.797. The Labute approximate surface area is 108 Å². The van der Waals surface area contributed by atoms with Gasteiger partial charge < -0.3 is 0 Å². The number of carbonyl (C=O) groups excluding carboxylic acids is 1. The summed E-state index contributed by atoms with van der Waals surface area (Å²) in [5.41, 5.74) is 1.92. The fourth-order valence-electron chi connectivity index (χ4n) is 1.54. The van der Waals surface area contributed by atoms with E-state index in [0.717, 1.165) is 29.3 Å². The lowest BCUT2D eigenvalue weighted by Gasteiger charge is -1.99. The highest BCUT2D eigenvalue weighted by Gasteiger charge is 2.18. The van der Waals surface area contributed by atoms with Crippen molar-refractivity contribution in [3.63, 3.8) is 0 Å². The number of halogens is 1. The molecule has 17 heavy (non-hydrogen) atoms. The van der Waals surface area contributed by atoms with Crippen LogP contribution in [-0.2, 0) is 19.9 Å². The summed E-state index contributed by atoms with van der Waals surface area (Å²) in [5, 5.41) is 10.2. The average Bonchev–Trinajstić information content (AvgIpc) is 2.92. The second-order valence-electron chi connectivity index (χ2n) is 3.57. The lowest BCUT2D eigenvalue weighted by Crippen LogP contribution is -2.08. The maximum absolute atomic E-state index is 11.9. The molecule has 5 nitrogen and oxygen atoms in total. The molecule has 2 aromatic heterocycles. The Kier molecular flexibility index (Phi) is 3.54. The topological polar surface area (TPSA) is 60.7 Å². The molecule has 90 valence electrons. The molecule has 0 aliphatic heterocycles. The number of hydrogen-bond donors (Lipinski definition) is 0. The number of aryl methyl sites for hydroxylation is 2. The molecule has 0 aromatic carbocycles. The molecule has 7 heteroatoms. The third-order valence-electron chi connectivity index (χ3n) is 2.48. The maximum atomic E-state index is 11.9. The summed E-state index contributed by atoms with van der Waals surface area (Å²) in [7, 11) is 1.78. The van der Waals surface area contributed by atoms with Crippen LogP contribution in [0.4, 0.5) is 0 Å². The van der Waals surface area contributed by atoms with E-state index in [-0.39, 0.29) is 12.2 Å². The highest BCUT2D eigenvalue weighted by atomic mass is 35.5. The molecule has 0 atom stereocenters. The normalized spacial score (nSPS) is 10.8. The first-order valence-electron chi connectivity index (χ1n) is 5.14. The van der Waals surface area contributed by atoms with Gasteiger partial charge in [0.25, 0.3) is 0 Å². The minimum Gasteiger partial charge on any atom is -0.292 e. The van der Waals surface area contributed by atoms with Gasteiger partial charge in [-0.25, -0.2) is 0 Å². The number of rotatable bonds is 4. The van der Waals surface area contributed by atoms with Gasteiger partial charge in [0, 0.05) is 12.4 Å². The van der Waals surface area contributed by atoms with Crippen LogP contribution in [0.3, 0.4) is 0 Å². The summed E-state index contributed by atoms with van der Waals surface area (Å²) in [6.07, 6.45) is 0.951. The van der Waals surface area contributed by atoms with E-state index >= 15 is 0 Å². The number of nitrogens with zero attached hydrogens (tertiary/aromatic N) is 4. The molecule has 0 spiro atoms. The highest BCUT2D eigenvalue weighted by Crippen LogP contribution is 2.22. The highest BCUT2D eigenvalue weighted by molar-refractivity contribution is 7.03. The molecule has 0 saturated heterocycles. The van der Waals surface area contributed by atoms with Crippen LogP contribution in [0, 0.1) is 0 Å². The van der Waals surface area contributed by atoms with Gasteiger partial charge in [-0.1, -0.05) is 23.0 Å². The standard InChI is InChI=1S/C10H11ClN4OS/c1-3-6-10(11)8(15(2)13-6)4-9(16)7-5-17-14-12-7/h5H,3-4H2,1-2H3. The Hall–Kier alpha value is -1.27. The molecule has 2 aromatic rings. The lowest BCUT2D eigenvalue weighted by atomic mass is 10.1. The number of aromatic nitrogens is 4. The monoisotopic (exact) mass is 270 g/mol. The Morgan fingerprint density at radius 2 is 2.35 bits per heavy atom. The Morgan fingerprint density at radius 1 is 1.59 bits per heavy atom. The Morgan fingerprint density at radius 3 is 2.88 bits per heavy atom. The second-order valence-corrected chi connectivity index (χ2v) is 4.56. The van der Waals surface area contributed by atoms with Gasteiger partial charge in [0.2, 0.25) is 0 Å². The van der Waals surface area contributed by atoms with Crippen molar-refractivity contribution < 1.29 is 4.79 Å². The summed E-state index contributed by atoms with van der Waals surface area (Å²) >= 11 is 7.33. The molecule has 0 aliphatic rings. The van der Waals surface area contributed by atoms with Crippen LogP contribution in [0.2, 0.25) is 5.02 Å². The molecule has 0 aliphatic carbocycles. The van der Waals surface area contributed by atoms with Gasteiger partial charge in [0.15, 0.2) is 5.78 Å². The predicted octanol–water partition coefficient (Wildman–Crippen LogP) is 1.91. The second kappa shape index (κ2) is 4.93. The van der Waals surface area contributed by atoms with Crippen molar-refractivity contribution in [3.8, 4) is 0 Å². The molecule has 2 heterocycles. The van der Waals surface area contributed by atoms with Gasteiger partial charge in [-0.2, -0.15) is 5.10 Å². The van der Waals surface area contributed by atoms with E-state index in [1.54, 1.807) is 17.1 Å². The largest absolute Gasteiger partial charge is 0.292 e. The van der Waals surface area contributed by atoms with E-state index < -0.39 is 0 Å². The molecule has 0 fully saturated rings. The molecule has 0 N–H and O–H groups in total. The van der Waals surface area contributed by atoms with Crippen molar-refractivity contribution in [2.45, 2.75) is 19.8 Å². The molecule has 0 amide bonds. The molecular weight excluding hydrogens is 260 g/mol. The average molecular weight is 271 g/mol. The van der Waals surface area contributed by atoms with E-state index in [1.165, 1.54) is 0 Å². The van der Waals surface area contributed by atoms with E-state index in [4.69, 9.17) is 11.6 Å². The van der Waals surface area contributed by atoms with E-state index in [9.17, 15) is 4.79 Å². The summed E-state index contributed by atoms with van der Waals surface area (Å²) < 4.78 is 5.32. The van der Waals surface area contributed by atoms with Crippen molar-refractivity contribution in [3.05, 3.63) is 27.5 Å². The molecule has 0 radical (unpaired) electrons. The van der Waals surface area contributed by atoms with Crippen LogP contribution >= 0.6 is 23.1 Å². The summed E-state index contributed by atoms with van der Waals surface area (Å²) in [6, 6.07) is 0. The fraction of sp³-hybridized carbons (Fsp3) is 0.400. The summed E-state index contributed by atoms with van der Waals surface area (Å²) in [5.74, 6) is -0.0914. The molecule has 0 saturated carbocycles. The van der Waals surface area contributed by atoms with Gasteiger partial charge in [-0.3, -0.25) is 9.48 Å². The van der Waals surface area contributed by atoms with Crippen LogP contribution in [0.1, 0.15) is 28.8 Å². The molecule has 0 unspecified atom stereocenters. The predicted molar refractivity (Wildman–Crippen MR) is 65.5 cm³/mol. The molecule has 0 bridgehead atoms. The van der Waals surface area contributed by atoms with Crippen molar-refractivity contribution in [1.29, 1.82) is 0 Å². The first-order valence-corrected chi connectivity index (χ1v) is 6.35. The van der Waals surface area contributed by atoms with Crippen LogP contribution < -0.4 is 0 Å². The third kappa shape index (κ3) is 2.37. The zero-order valence-corrected chi connectivity index (χ0v) is 11.0. The fourth-order valence-corrected chi connectivity index (χ4v) is 2.36. The number of ketones is 1. The van der Waals surface area contributed by atoms with Crippen molar-refractivity contribution in [2.24, 2.45) is 7.05 Å². The van der Waals surface area contributed by atoms with Gasteiger partial charge in [0.1, 0.15) is 5.69 Å². The number of hydrogen-bond acceptors (Lipinski definition) is 5. The van der Waals surface area contributed by atoms with Gasteiger partial charge >= 0.3 is 0 Å². The molecular formula is C10H11ClN4OS. The van der Waals surface area contributed by atoms with Crippen LogP contribution in [0.5, 0.6) is 0 Å². The first kappa shape index (κ1) is 12.2. The van der Waals surface area contributed by atoms with Crippen LogP contribution in [0.25, 0.3) is 0 Å². The smallest absolute Gasteiger partial charge is 0.189 e. The van der Waals surface area contributed by atoms with Gasteiger partial charge in [-0.15, -0.1) is 5.10 Å².